The molecular formula is C22H26OS. The van der Waals surface area contributed by atoms with Gasteiger partial charge in [-0.25, -0.2) is 0 Å². The summed E-state index contributed by atoms with van der Waals surface area (Å²) in [6.07, 6.45) is 0. The van der Waals surface area contributed by atoms with E-state index >= 15 is 0 Å². The van der Waals surface area contributed by atoms with Crippen LogP contribution in [0.25, 0.3) is 11.1 Å². The molecule has 3 aromatic rings. The van der Waals surface area contributed by atoms with Gasteiger partial charge in [-0.15, -0.1) is 0 Å². The van der Waals surface area contributed by atoms with Crippen LogP contribution in [-0.2, 0) is 6.61 Å². The maximum absolute atomic E-state index is 6.17. The molecule has 0 unspecified atom stereocenters. The van der Waals surface area contributed by atoms with Crippen molar-refractivity contribution in [3.05, 3.63) is 75.5 Å². The first kappa shape index (κ1) is 18.3. The quantitative estimate of drug-likeness (QED) is 0.500. The van der Waals surface area contributed by atoms with E-state index in [1.165, 1.54) is 33.4 Å². The number of ether oxygens (including phenoxy) is 1. The molecule has 0 radical (unpaired) electrons. The minimum absolute atomic E-state index is 0.597. The summed E-state index contributed by atoms with van der Waals surface area (Å²) in [5, 5.41) is 4.30. The van der Waals surface area contributed by atoms with Gasteiger partial charge in [0.1, 0.15) is 12.4 Å². The number of benzene rings is 2. The largest absolute Gasteiger partial charge is 0.488 e. The van der Waals surface area contributed by atoms with Gasteiger partial charge < -0.3 is 4.74 Å². The van der Waals surface area contributed by atoms with Crippen LogP contribution in [0.4, 0.5) is 0 Å². The molecule has 0 atom stereocenters. The Bertz CT molecular complexity index is 758. The maximum atomic E-state index is 6.17. The van der Waals surface area contributed by atoms with Crippen molar-refractivity contribution in [2.45, 2.75) is 41.2 Å². The second kappa shape index (κ2) is 8.70. The van der Waals surface area contributed by atoms with Crippen molar-refractivity contribution in [2.75, 3.05) is 0 Å². The highest BCUT2D eigenvalue weighted by Gasteiger charge is 2.14. The molecule has 1 heterocycles. The summed E-state index contributed by atoms with van der Waals surface area (Å²) in [5.41, 5.74) is 7.58. The molecule has 0 amide bonds. The Balaban J connectivity index is 0.00000100. The maximum Gasteiger partial charge on any atom is 0.128 e. The molecule has 126 valence electrons. The van der Waals surface area contributed by atoms with Gasteiger partial charge in [0.05, 0.1) is 0 Å². The number of hydrogen-bond acceptors (Lipinski definition) is 2. The number of rotatable bonds is 4. The van der Waals surface area contributed by atoms with Crippen molar-refractivity contribution >= 4 is 11.3 Å². The average Bonchev–Trinajstić information content (AvgIpc) is 3.14. The standard InChI is InChI=1S/C20H20OS.C2H6/c1-14-11-19(21-12-17-7-5-4-6-8-17)20(16(3)15(14)2)18-9-10-22-13-18;1-2/h4-11,13H,12H2,1-3H3;1-2H3. The van der Waals surface area contributed by atoms with Crippen LogP contribution in [0.5, 0.6) is 5.75 Å². The van der Waals surface area contributed by atoms with Gasteiger partial charge in [0.25, 0.3) is 0 Å². The van der Waals surface area contributed by atoms with Gasteiger partial charge in [0, 0.05) is 5.56 Å². The molecule has 0 fully saturated rings. The van der Waals surface area contributed by atoms with Crippen LogP contribution in [0.15, 0.2) is 53.2 Å². The first-order chi connectivity index (χ1) is 11.7. The lowest BCUT2D eigenvalue weighted by Gasteiger charge is -2.17. The predicted molar refractivity (Wildman–Crippen MR) is 106 cm³/mol. The van der Waals surface area contributed by atoms with Crippen LogP contribution < -0.4 is 4.74 Å². The Morgan fingerprint density at radius 3 is 2.25 bits per heavy atom. The zero-order valence-electron chi connectivity index (χ0n) is 15.2. The lowest BCUT2D eigenvalue weighted by atomic mass is 9.94. The molecular weight excluding hydrogens is 312 g/mol. The highest BCUT2D eigenvalue weighted by atomic mass is 32.1. The average molecular weight is 339 g/mol. The third-order valence-electron chi connectivity index (χ3n) is 4.17. The topological polar surface area (TPSA) is 9.23 Å². The molecule has 3 rings (SSSR count). The van der Waals surface area contributed by atoms with E-state index in [9.17, 15) is 0 Å². The van der Waals surface area contributed by atoms with E-state index < -0.39 is 0 Å². The molecule has 0 aliphatic carbocycles. The highest BCUT2D eigenvalue weighted by molar-refractivity contribution is 7.08. The molecule has 2 aromatic carbocycles. The Kier molecular flexibility index (Phi) is 6.62. The monoisotopic (exact) mass is 338 g/mol. The SMILES string of the molecule is CC.Cc1cc(OCc2ccccc2)c(-c2ccsc2)c(C)c1C. The molecule has 1 nitrogen and oxygen atoms in total. The minimum atomic E-state index is 0.597. The van der Waals surface area contributed by atoms with E-state index in [2.05, 4.69) is 55.8 Å². The summed E-state index contributed by atoms with van der Waals surface area (Å²) in [5.74, 6) is 0.975. The molecule has 0 aliphatic heterocycles. The van der Waals surface area contributed by atoms with Gasteiger partial charge in [0.15, 0.2) is 0 Å². The third-order valence-corrected chi connectivity index (χ3v) is 4.85. The van der Waals surface area contributed by atoms with Crippen molar-refractivity contribution in [1.82, 2.24) is 0 Å². The number of aryl methyl sites for hydroxylation is 1. The lowest BCUT2D eigenvalue weighted by Crippen LogP contribution is -2.00. The fraction of sp³-hybridized carbons (Fsp3) is 0.273. The molecule has 1 aromatic heterocycles. The van der Waals surface area contributed by atoms with E-state index in [1.54, 1.807) is 11.3 Å². The Morgan fingerprint density at radius 1 is 0.917 bits per heavy atom. The van der Waals surface area contributed by atoms with Crippen LogP contribution in [0.3, 0.4) is 0 Å². The van der Waals surface area contributed by atoms with Crippen molar-refractivity contribution < 1.29 is 4.74 Å². The van der Waals surface area contributed by atoms with Crippen molar-refractivity contribution in [3.8, 4) is 16.9 Å². The van der Waals surface area contributed by atoms with Crippen LogP contribution >= 0.6 is 11.3 Å². The molecule has 24 heavy (non-hydrogen) atoms. The summed E-state index contributed by atoms with van der Waals surface area (Å²) >= 11 is 1.72. The van der Waals surface area contributed by atoms with Gasteiger partial charge in [-0.1, -0.05) is 44.2 Å². The van der Waals surface area contributed by atoms with E-state index in [-0.39, 0.29) is 0 Å². The molecule has 0 saturated heterocycles. The second-order valence-electron chi connectivity index (χ2n) is 5.60. The van der Waals surface area contributed by atoms with Gasteiger partial charge in [-0.3, -0.25) is 0 Å². The van der Waals surface area contributed by atoms with Crippen molar-refractivity contribution in [3.63, 3.8) is 0 Å². The van der Waals surface area contributed by atoms with Crippen LogP contribution in [-0.4, -0.2) is 0 Å². The summed E-state index contributed by atoms with van der Waals surface area (Å²) in [7, 11) is 0. The van der Waals surface area contributed by atoms with Gasteiger partial charge >= 0.3 is 0 Å². The van der Waals surface area contributed by atoms with E-state index in [4.69, 9.17) is 4.74 Å². The number of thiophene rings is 1. The van der Waals surface area contributed by atoms with Gasteiger partial charge in [0.2, 0.25) is 0 Å². The van der Waals surface area contributed by atoms with Gasteiger partial charge in [-0.2, -0.15) is 11.3 Å². The molecule has 0 spiro atoms. The Hall–Kier alpha value is -2.06. The van der Waals surface area contributed by atoms with Crippen LogP contribution in [0, 0.1) is 20.8 Å². The summed E-state index contributed by atoms with van der Waals surface area (Å²) in [6, 6.07) is 14.6. The highest BCUT2D eigenvalue weighted by Crippen LogP contribution is 2.38. The van der Waals surface area contributed by atoms with Gasteiger partial charge in [-0.05, 0) is 71.5 Å². The second-order valence-corrected chi connectivity index (χ2v) is 6.38. The first-order valence-electron chi connectivity index (χ1n) is 8.47. The third kappa shape index (κ3) is 4.07. The van der Waals surface area contributed by atoms with Crippen LogP contribution in [0.2, 0.25) is 0 Å². The summed E-state index contributed by atoms with van der Waals surface area (Å²) in [4.78, 5) is 0. The fourth-order valence-corrected chi connectivity index (χ4v) is 3.31. The summed E-state index contributed by atoms with van der Waals surface area (Å²) < 4.78 is 6.17. The normalized spacial score (nSPS) is 10.0. The Morgan fingerprint density at radius 2 is 1.62 bits per heavy atom. The Labute approximate surface area is 149 Å². The van der Waals surface area contributed by atoms with Crippen molar-refractivity contribution in [2.24, 2.45) is 0 Å². The zero-order chi connectivity index (χ0) is 17.5. The minimum Gasteiger partial charge on any atom is -0.488 e. The smallest absolute Gasteiger partial charge is 0.128 e. The first-order valence-corrected chi connectivity index (χ1v) is 9.41. The van der Waals surface area contributed by atoms with Crippen LogP contribution in [0.1, 0.15) is 36.1 Å². The molecule has 2 heteroatoms. The van der Waals surface area contributed by atoms with E-state index in [0.29, 0.717) is 6.61 Å². The van der Waals surface area contributed by atoms with E-state index in [1.807, 2.05) is 32.0 Å². The number of hydrogen-bond donors (Lipinski definition) is 0. The molecule has 0 N–H and O–H groups in total. The zero-order valence-corrected chi connectivity index (χ0v) is 16.0. The molecule has 0 aliphatic rings. The summed E-state index contributed by atoms with van der Waals surface area (Å²) in [6.45, 7) is 11.1. The fourth-order valence-electron chi connectivity index (χ4n) is 2.66. The lowest BCUT2D eigenvalue weighted by molar-refractivity contribution is 0.307. The van der Waals surface area contributed by atoms with Crippen molar-refractivity contribution in [1.29, 1.82) is 0 Å². The van der Waals surface area contributed by atoms with E-state index in [0.717, 1.165) is 5.75 Å². The molecule has 0 bridgehead atoms. The molecule has 0 saturated carbocycles. The predicted octanol–water partition coefficient (Wildman–Crippen LogP) is 6.95.